The highest BCUT2D eigenvalue weighted by molar-refractivity contribution is 7.08. The monoisotopic (exact) mass is 225 g/mol. The minimum atomic E-state index is -0.0245. The summed E-state index contributed by atoms with van der Waals surface area (Å²) in [5.41, 5.74) is 0.832. The van der Waals surface area contributed by atoms with Gasteiger partial charge in [-0.1, -0.05) is 0 Å². The van der Waals surface area contributed by atoms with Crippen molar-refractivity contribution in [2.75, 3.05) is 26.3 Å². The number of ketones is 1. The zero-order valence-corrected chi connectivity index (χ0v) is 9.63. The van der Waals surface area contributed by atoms with Crippen LogP contribution in [0, 0.1) is 0 Å². The standard InChI is InChI=1S/C11H15NO2S/c1-9(12-3-5-14-6-4-12)11(13)10-2-7-15-8-10/h2,7-9H,3-6H2,1H3. The zero-order valence-electron chi connectivity index (χ0n) is 8.81. The molecule has 1 aliphatic rings. The molecule has 0 amide bonds. The van der Waals surface area contributed by atoms with E-state index in [2.05, 4.69) is 4.90 Å². The normalized spacial score (nSPS) is 20.1. The number of nitrogens with zero attached hydrogens (tertiary/aromatic N) is 1. The van der Waals surface area contributed by atoms with Crippen LogP contribution in [0.4, 0.5) is 0 Å². The van der Waals surface area contributed by atoms with Gasteiger partial charge in [0, 0.05) is 24.0 Å². The van der Waals surface area contributed by atoms with Crippen LogP contribution in [0.1, 0.15) is 17.3 Å². The van der Waals surface area contributed by atoms with Crippen LogP contribution in [0.3, 0.4) is 0 Å². The van der Waals surface area contributed by atoms with Crippen molar-refractivity contribution in [2.45, 2.75) is 13.0 Å². The maximum absolute atomic E-state index is 12.0. The topological polar surface area (TPSA) is 29.5 Å². The number of hydrogen-bond donors (Lipinski definition) is 0. The van der Waals surface area contributed by atoms with E-state index >= 15 is 0 Å². The Bertz CT molecular complexity index is 317. The minimum Gasteiger partial charge on any atom is -0.379 e. The summed E-state index contributed by atoms with van der Waals surface area (Å²) in [6.45, 7) is 5.17. The number of ether oxygens (including phenoxy) is 1. The summed E-state index contributed by atoms with van der Waals surface area (Å²) in [6.07, 6.45) is 0. The lowest BCUT2D eigenvalue weighted by molar-refractivity contribution is 0.0209. The first-order valence-corrected chi connectivity index (χ1v) is 6.11. The van der Waals surface area contributed by atoms with Crippen molar-refractivity contribution in [3.63, 3.8) is 0 Å². The molecule has 0 radical (unpaired) electrons. The lowest BCUT2D eigenvalue weighted by atomic mass is 10.1. The molecular formula is C11H15NO2S. The predicted octanol–water partition coefficient (Wildman–Crippen LogP) is 1.65. The first-order chi connectivity index (χ1) is 7.29. The Balaban J connectivity index is 2.00. The quantitative estimate of drug-likeness (QED) is 0.733. The molecular weight excluding hydrogens is 210 g/mol. The molecule has 0 aliphatic carbocycles. The van der Waals surface area contributed by atoms with Gasteiger partial charge in [-0.3, -0.25) is 9.69 Å². The fraction of sp³-hybridized carbons (Fsp3) is 0.545. The highest BCUT2D eigenvalue weighted by Crippen LogP contribution is 2.13. The highest BCUT2D eigenvalue weighted by Gasteiger charge is 2.23. The summed E-state index contributed by atoms with van der Waals surface area (Å²) < 4.78 is 5.27. The molecule has 1 aliphatic heterocycles. The van der Waals surface area contributed by atoms with Crippen molar-refractivity contribution in [3.05, 3.63) is 22.4 Å². The first kappa shape index (κ1) is 10.8. The van der Waals surface area contributed by atoms with Gasteiger partial charge in [-0.2, -0.15) is 11.3 Å². The number of rotatable bonds is 3. The molecule has 0 N–H and O–H groups in total. The largest absolute Gasteiger partial charge is 0.379 e. The van der Waals surface area contributed by atoms with Gasteiger partial charge in [0.1, 0.15) is 0 Å². The Hall–Kier alpha value is -0.710. The molecule has 0 saturated carbocycles. The fourth-order valence-electron chi connectivity index (χ4n) is 1.78. The number of morpholine rings is 1. The Morgan fingerprint density at radius 1 is 1.53 bits per heavy atom. The van der Waals surface area contributed by atoms with E-state index in [0.29, 0.717) is 0 Å². The smallest absolute Gasteiger partial charge is 0.180 e. The lowest BCUT2D eigenvalue weighted by Gasteiger charge is -2.31. The third-order valence-corrected chi connectivity index (χ3v) is 3.46. The average Bonchev–Trinajstić information content (AvgIpc) is 2.82. The van der Waals surface area contributed by atoms with Gasteiger partial charge in [-0.05, 0) is 18.4 Å². The maximum Gasteiger partial charge on any atom is 0.180 e. The lowest BCUT2D eigenvalue weighted by Crippen LogP contribution is -2.45. The molecule has 1 aromatic heterocycles. The molecule has 2 rings (SSSR count). The minimum absolute atomic E-state index is 0.0245. The molecule has 2 heterocycles. The highest BCUT2D eigenvalue weighted by atomic mass is 32.1. The fourth-order valence-corrected chi connectivity index (χ4v) is 2.42. The van der Waals surface area contributed by atoms with E-state index in [-0.39, 0.29) is 11.8 Å². The predicted molar refractivity (Wildman–Crippen MR) is 60.5 cm³/mol. The summed E-state index contributed by atoms with van der Waals surface area (Å²) in [5.74, 6) is 0.221. The van der Waals surface area contributed by atoms with Crippen LogP contribution in [0.25, 0.3) is 0 Å². The molecule has 0 bridgehead atoms. The van der Waals surface area contributed by atoms with Gasteiger partial charge in [0.15, 0.2) is 5.78 Å². The number of Topliss-reactive ketones (excluding diaryl/α,β-unsaturated/α-hetero) is 1. The van der Waals surface area contributed by atoms with Crippen LogP contribution in [-0.4, -0.2) is 43.0 Å². The average molecular weight is 225 g/mol. The van der Waals surface area contributed by atoms with E-state index in [4.69, 9.17) is 4.74 Å². The molecule has 3 nitrogen and oxygen atoms in total. The van der Waals surface area contributed by atoms with Gasteiger partial charge >= 0.3 is 0 Å². The van der Waals surface area contributed by atoms with Crippen molar-refractivity contribution in [1.29, 1.82) is 0 Å². The number of thiophene rings is 1. The third kappa shape index (κ3) is 2.45. The van der Waals surface area contributed by atoms with Crippen LogP contribution in [0.5, 0.6) is 0 Å². The maximum atomic E-state index is 12.0. The Morgan fingerprint density at radius 3 is 2.87 bits per heavy atom. The summed E-state index contributed by atoms with van der Waals surface area (Å²) in [6, 6.07) is 1.87. The molecule has 1 unspecified atom stereocenters. The van der Waals surface area contributed by atoms with Crippen LogP contribution >= 0.6 is 11.3 Å². The van der Waals surface area contributed by atoms with E-state index in [0.717, 1.165) is 31.9 Å². The molecule has 15 heavy (non-hydrogen) atoms. The SMILES string of the molecule is CC(C(=O)c1ccsc1)N1CCOCC1. The van der Waals surface area contributed by atoms with Gasteiger partial charge < -0.3 is 4.74 Å². The third-order valence-electron chi connectivity index (χ3n) is 2.78. The second kappa shape index (κ2) is 4.88. The Labute approximate surface area is 93.7 Å². The van der Waals surface area contributed by atoms with Crippen LogP contribution in [0.2, 0.25) is 0 Å². The van der Waals surface area contributed by atoms with E-state index < -0.39 is 0 Å². The molecule has 1 fully saturated rings. The molecule has 1 atom stereocenters. The second-order valence-electron chi connectivity index (χ2n) is 3.70. The van der Waals surface area contributed by atoms with Gasteiger partial charge in [-0.15, -0.1) is 0 Å². The van der Waals surface area contributed by atoms with E-state index in [1.165, 1.54) is 0 Å². The van der Waals surface area contributed by atoms with Crippen molar-refractivity contribution < 1.29 is 9.53 Å². The van der Waals surface area contributed by atoms with E-state index in [9.17, 15) is 4.79 Å². The van der Waals surface area contributed by atoms with Crippen molar-refractivity contribution >= 4 is 17.1 Å². The molecule has 0 aromatic carbocycles. The Morgan fingerprint density at radius 2 is 2.27 bits per heavy atom. The van der Waals surface area contributed by atoms with Crippen LogP contribution < -0.4 is 0 Å². The summed E-state index contributed by atoms with van der Waals surface area (Å²) in [4.78, 5) is 14.2. The Kier molecular flexibility index (Phi) is 3.51. The van der Waals surface area contributed by atoms with Crippen molar-refractivity contribution in [2.24, 2.45) is 0 Å². The van der Waals surface area contributed by atoms with Gasteiger partial charge in [-0.25, -0.2) is 0 Å². The number of carbonyl (C=O) groups is 1. The van der Waals surface area contributed by atoms with Gasteiger partial charge in [0.05, 0.1) is 19.3 Å². The first-order valence-electron chi connectivity index (χ1n) is 5.17. The molecule has 1 saturated heterocycles. The van der Waals surface area contributed by atoms with Crippen molar-refractivity contribution in [1.82, 2.24) is 4.90 Å². The van der Waals surface area contributed by atoms with Crippen LogP contribution in [-0.2, 0) is 4.74 Å². The second-order valence-corrected chi connectivity index (χ2v) is 4.48. The van der Waals surface area contributed by atoms with Gasteiger partial charge in [0.25, 0.3) is 0 Å². The summed E-state index contributed by atoms with van der Waals surface area (Å²) in [7, 11) is 0. The molecule has 82 valence electrons. The summed E-state index contributed by atoms with van der Waals surface area (Å²) in [5, 5.41) is 3.86. The molecule has 4 heteroatoms. The van der Waals surface area contributed by atoms with E-state index in [1.54, 1.807) is 11.3 Å². The van der Waals surface area contributed by atoms with Crippen LogP contribution in [0.15, 0.2) is 16.8 Å². The number of hydrogen-bond acceptors (Lipinski definition) is 4. The van der Waals surface area contributed by atoms with Crippen molar-refractivity contribution in [3.8, 4) is 0 Å². The molecule has 0 spiro atoms. The zero-order chi connectivity index (χ0) is 10.7. The summed E-state index contributed by atoms with van der Waals surface area (Å²) >= 11 is 1.57. The van der Waals surface area contributed by atoms with E-state index in [1.807, 2.05) is 23.8 Å². The van der Waals surface area contributed by atoms with Gasteiger partial charge in [0.2, 0.25) is 0 Å². The molecule has 1 aromatic rings. The number of carbonyl (C=O) groups excluding carboxylic acids is 1.